The van der Waals surface area contributed by atoms with E-state index in [-0.39, 0.29) is 10.4 Å². The third kappa shape index (κ3) is 4.14. The Kier molecular flexibility index (Phi) is 4.24. The molecule has 0 aliphatic carbocycles. The topological polar surface area (TPSA) is 38.7 Å². The van der Waals surface area contributed by atoms with Gasteiger partial charge in [0.2, 0.25) is 5.78 Å². The van der Waals surface area contributed by atoms with E-state index in [4.69, 9.17) is 4.84 Å². The van der Waals surface area contributed by atoms with Gasteiger partial charge in [0.25, 0.3) is 0 Å². The zero-order valence-corrected chi connectivity index (χ0v) is 11.1. The van der Waals surface area contributed by atoms with Crippen molar-refractivity contribution in [3.8, 4) is 0 Å². The van der Waals surface area contributed by atoms with E-state index in [1.807, 2.05) is 26.8 Å². The maximum absolute atomic E-state index is 11.8. The Hall–Kier alpha value is -1.16. The average Bonchev–Trinajstić information content (AvgIpc) is 2.25. The van der Waals surface area contributed by atoms with Crippen LogP contribution in [0.5, 0.6) is 0 Å². The van der Waals surface area contributed by atoms with Crippen molar-refractivity contribution in [2.75, 3.05) is 0 Å². The summed E-state index contributed by atoms with van der Waals surface area (Å²) in [4.78, 5) is 17.0. The molecule has 0 bridgehead atoms. The first-order chi connectivity index (χ1) is 7.40. The molecular formula is C12H14BrNO2. The third-order valence-corrected chi connectivity index (χ3v) is 2.13. The van der Waals surface area contributed by atoms with Gasteiger partial charge in [-0.15, -0.1) is 0 Å². The Morgan fingerprint density at radius 3 is 2.31 bits per heavy atom. The number of halogens is 1. The largest absolute Gasteiger partial charge is 0.389 e. The highest BCUT2D eigenvalue weighted by atomic mass is 79.9. The van der Waals surface area contributed by atoms with Crippen LogP contribution >= 0.6 is 15.9 Å². The highest BCUT2D eigenvalue weighted by Crippen LogP contribution is 2.10. The molecule has 1 rings (SSSR count). The Morgan fingerprint density at radius 1 is 1.25 bits per heavy atom. The lowest BCUT2D eigenvalue weighted by atomic mass is 10.1. The zero-order chi connectivity index (χ0) is 12.2. The van der Waals surface area contributed by atoms with Crippen molar-refractivity contribution in [2.24, 2.45) is 5.16 Å². The predicted octanol–water partition coefficient (Wildman–Crippen LogP) is 3.39. The van der Waals surface area contributed by atoms with Crippen LogP contribution < -0.4 is 0 Å². The number of rotatable bonds is 3. The molecule has 1 aromatic rings. The monoisotopic (exact) mass is 283 g/mol. The normalized spacial score (nSPS) is 12.4. The minimum Gasteiger partial charge on any atom is -0.389 e. The van der Waals surface area contributed by atoms with E-state index < -0.39 is 5.60 Å². The van der Waals surface area contributed by atoms with Crippen LogP contribution in [0.4, 0.5) is 0 Å². The molecule has 16 heavy (non-hydrogen) atoms. The Balaban J connectivity index is 2.76. The van der Waals surface area contributed by atoms with Crippen molar-refractivity contribution in [3.05, 3.63) is 35.9 Å². The van der Waals surface area contributed by atoms with Gasteiger partial charge in [0.15, 0.2) is 4.62 Å². The third-order valence-electron chi connectivity index (χ3n) is 1.62. The Labute approximate surface area is 104 Å². The summed E-state index contributed by atoms with van der Waals surface area (Å²) in [6.07, 6.45) is 0. The van der Waals surface area contributed by atoms with Gasteiger partial charge in [-0.3, -0.25) is 4.79 Å². The number of hydrogen-bond acceptors (Lipinski definition) is 3. The number of carbonyl (C=O) groups is 1. The summed E-state index contributed by atoms with van der Waals surface area (Å²) < 4.78 is 0.175. The fourth-order valence-corrected chi connectivity index (χ4v) is 1.23. The quantitative estimate of drug-likeness (QED) is 0.485. The molecule has 0 saturated carbocycles. The zero-order valence-electron chi connectivity index (χ0n) is 9.53. The van der Waals surface area contributed by atoms with E-state index in [1.165, 1.54) is 0 Å². The van der Waals surface area contributed by atoms with Crippen LogP contribution in [-0.2, 0) is 4.84 Å². The maximum Gasteiger partial charge on any atom is 0.221 e. The Bertz CT molecular complexity index is 393. The number of ketones is 1. The van der Waals surface area contributed by atoms with Gasteiger partial charge in [-0.05, 0) is 36.7 Å². The van der Waals surface area contributed by atoms with E-state index in [1.54, 1.807) is 24.3 Å². The molecule has 1 aromatic carbocycles. The second kappa shape index (κ2) is 5.25. The van der Waals surface area contributed by atoms with Crippen molar-refractivity contribution in [1.29, 1.82) is 0 Å². The predicted molar refractivity (Wildman–Crippen MR) is 68.0 cm³/mol. The number of nitrogens with zero attached hydrogens (tertiary/aromatic N) is 1. The fourth-order valence-electron chi connectivity index (χ4n) is 0.927. The van der Waals surface area contributed by atoms with Crippen LogP contribution in [0, 0.1) is 0 Å². The molecule has 4 heteroatoms. The van der Waals surface area contributed by atoms with Crippen molar-refractivity contribution in [3.63, 3.8) is 0 Å². The molecule has 0 saturated heterocycles. The van der Waals surface area contributed by atoms with E-state index in [0.29, 0.717) is 5.56 Å². The molecule has 0 N–H and O–H groups in total. The molecule has 0 aliphatic rings. The van der Waals surface area contributed by atoms with E-state index in [2.05, 4.69) is 21.1 Å². The van der Waals surface area contributed by atoms with Crippen LogP contribution in [0.1, 0.15) is 31.1 Å². The summed E-state index contributed by atoms with van der Waals surface area (Å²) in [5.41, 5.74) is 0.173. The molecule has 0 heterocycles. The maximum atomic E-state index is 11.8. The van der Waals surface area contributed by atoms with Gasteiger partial charge >= 0.3 is 0 Å². The van der Waals surface area contributed by atoms with Gasteiger partial charge in [0.1, 0.15) is 5.60 Å². The van der Waals surface area contributed by atoms with Crippen LogP contribution in [0.15, 0.2) is 35.5 Å². The molecule has 0 amide bonds. The summed E-state index contributed by atoms with van der Waals surface area (Å²) in [7, 11) is 0. The number of benzene rings is 1. The summed E-state index contributed by atoms with van der Waals surface area (Å²) in [5.74, 6) is -0.190. The molecule has 86 valence electrons. The number of Topliss-reactive ketones (excluding diaryl/α,β-unsaturated/α-hetero) is 1. The van der Waals surface area contributed by atoms with Gasteiger partial charge < -0.3 is 4.84 Å². The lowest BCUT2D eigenvalue weighted by Crippen LogP contribution is -2.18. The lowest BCUT2D eigenvalue weighted by molar-refractivity contribution is 0.00156. The first-order valence-corrected chi connectivity index (χ1v) is 5.71. The van der Waals surface area contributed by atoms with E-state index in [9.17, 15) is 4.79 Å². The second-order valence-electron chi connectivity index (χ2n) is 4.28. The van der Waals surface area contributed by atoms with Gasteiger partial charge in [-0.2, -0.15) is 0 Å². The summed E-state index contributed by atoms with van der Waals surface area (Å²) in [5, 5.41) is 3.76. The van der Waals surface area contributed by atoms with Gasteiger partial charge in [0, 0.05) is 5.56 Å². The summed E-state index contributed by atoms with van der Waals surface area (Å²) in [6.45, 7) is 5.59. The Morgan fingerprint density at radius 2 is 1.81 bits per heavy atom. The minimum atomic E-state index is -0.407. The minimum absolute atomic E-state index is 0.175. The smallest absolute Gasteiger partial charge is 0.221 e. The molecular weight excluding hydrogens is 270 g/mol. The van der Waals surface area contributed by atoms with Crippen LogP contribution in [0.3, 0.4) is 0 Å². The van der Waals surface area contributed by atoms with Crippen molar-refractivity contribution >= 4 is 26.3 Å². The molecule has 0 aromatic heterocycles. The highest BCUT2D eigenvalue weighted by molar-refractivity contribution is 9.19. The summed E-state index contributed by atoms with van der Waals surface area (Å²) in [6, 6.07) is 8.93. The molecule has 0 spiro atoms. The highest BCUT2D eigenvalue weighted by Gasteiger charge is 2.15. The molecule has 3 nitrogen and oxygen atoms in total. The van der Waals surface area contributed by atoms with Crippen molar-refractivity contribution < 1.29 is 9.63 Å². The molecule has 0 fully saturated rings. The molecule has 0 atom stereocenters. The van der Waals surface area contributed by atoms with Crippen molar-refractivity contribution in [2.45, 2.75) is 26.4 Å². The van der Waals surface area contributed by atoms with E-state index >= 15 is 0 Å². The SMILES string of the molecule is CC(C)(C)O/N=C(\Br)C(=O)c1ccccc1. The van der Waals surface area contributed by atoms with Crippen LogP contribution in [0.25, 0.3) is 0 Å². The molecule has 0 aliphatic heterocycles. The van der Waals surface area contributed by atoms with Gasteiger partial charge in [-0.1, -0.05) is 35.5 Å². The van der Waals surface area contributed by atoms with Crippen molar-refractivity contribution in [1.82, 2.24) is 0 Å². The van der Waals surface area contributed by atoms with Gasteiger partial charge in [0.05, 0.1) is 0 Å². The average molecular weight is 284 g/mol. The molecule has 0 unspecified atom stereocenters. The van der Waals surface area contributed by atoms with Gasteiger partial charge in [-0.25, -0.2) is 0 Å². The molecule has 0 radical (unpaired) electrons. The fraction of sp³-hybridized carbons (Fsp3) is 0.333. The lowest BCUT2D eigenvalue weighted by Gasteiger charge is -2.15. The van der Waals surface area contributed by atoms with E-state index in [0.717, 1.165) is 0 Å². The number of carbonyl (C=O) groups excluding carboxylic acids is 1. The standard InChI is InChI=1S/C12H14BrNO2/c1-12(2,3)16-14-11(13)10(15)9-7-5-4-6-8-9/h4-8H,1-3H3/b14-11-. The first kappa shape index (κ1) is 12.9. The van der Waals surface area contributed by atoms with Crippen LogP contribution in [-0.4, -0.2) is 16.0 Å². The number of oxime groups is 1. The number of hydrogen-bond donors (Lipinski definition) is 0. The second-order valence-corrected chi connectivity index (χ2v) is 5.03. The summed E-state index contributed by atoms with van der Waals surface area (Å²) >= 11 is 3.11. The van der Waals surface area contributed by atoms with Crippen LogP contribution in [0.2, 0.25) is 0 Å². The first-order valence-electron chi connectivity index (χ1n) is 4.91.